The van der Waals surface area contributed by atoms with Gasteiger partial charge in [0, 0.05) is 18.3 Å². The van der Waals surface area contributed by atoms with E-state index in [0.29, 0.717) is 6.04 Å². The number of hydrogen-bond donors (Lipinski definition) is 1. The van der Waals surface area contributed by atoms with Gasteiger partial charge in [0.2, 0.25) is 0 Å². The summed E-state index contributed by atoms with van der Waals surface area (Å²) in [5, 5.41) is 3.62. The molecule has 2 heteroatoms. The molecule has 0 aliphatic heterocycles. The number of benzene rings is 1. The average Bonchev–Trinajstić information content (AvgIpc) is 2.42. The van der Waals surface area contributed by atoms with Crippen LogP contribution in [0.4, 0.5) is 0 Å². The SMILES string of the molecule is Cc1ccc(C)c(C(C)NC(C)c2ccccn2)c1. The highest BCUT2D eigenvalue weighted by atomic mass is 15.0. The number of nitrogens with one attached hydrogen (secondary N) is 1. The lowest BCUT2D eigenvalue weighted by molar-refractivity contribution is 0.485. The molecular formula is C17H22N2. The minimum atomic E-state index is 0.246. The molecule has 0 aliphatic rings. The highest BCUT2D eigenvalue weighted by Gasteiger charge is 2.13. The summed E-state index contributed by atoms with van der Waals surface area (Å²) in [6.45, 7) is 8.67. The van der Waals surface area contributed by atoms with E-state index in [1.54, 1.807) is 0 Å². The Bertz CT molecular complexity index is 534. The van der Waals surface area contributed by atoms with Crippen molar-refractivity contribution in [2.75, 3.05) is 0 Å². The third-order valence-electron chi connectivity index (χ3n) is 3.53. The zero-order chi connectivity index (χ0) is 13.8. The van der Waals surface area contributed by atoms with Gasteiger partial charge in [0.25, 0.3) is 0 Å². The fraction of sp³-hybridized carbons (Fsp3) is 0.353. The van der Waals surface area contributed by atoms with Crippen molar-refractivity contribution < 1.29 is 0 Å². The predicted molar refractivity (Wildman–Crippen MR) is 80.1 cm³/mol. The van der Waals surface area contributed by atoms with Crippen LogP contribution in [0.25, 0.3) is 0 Å². The Hall–Kier alpha value is -1.67. The first-order valence-electron chi connectivity index (χ1n) is 6.82. The van der Waals surface area contributed by atoms with Crippen LogP contribution in [0, 0.1) is 13.8 Å². The molecule has 1 aromatic carbocycles. The molecule has 0 saturated carbocycles. The van der Waals surface area contributed by atoms with Gasteiger partial charge in [-0.15, -0.1) is 0 Å². The molecule has 100 valence electrons. The summed E-state index contributed by atoms with van der Waals surface area (Å²) < 4.78 is 0. The lowest BCUT2D eigenvalue weighted by Gasteiger charge is -2.22. The molecule has 2 atom stereocenters. The van der Waals surface area contributed by atoms with Gasteiger partial charge in [-0.2, -0.15) is 0 Å². The smallest absolute Gasteiger partial charge is 0.0570 e. The van der Waals surface area contributed by atoms with Crippen LogP contribution >= 0.6 is 0 Å². The fourth-order valence-electron chi connectivity index (χ4n) is 2.41. The van der Waals surface area contributed by atoms with Crippen molar-refractivity contribution in [1.29, 1.82) is 0 Å². The lowest BCUT2D eigenvalue weighted by Crippen LogP contribution is -2.23. The number of pyridine rings is 1. The minimum Gasteiger partial charge on any atom is -0.302 e. The van der Waals surface area contributed by atoms with E-state index >= 15 is 0 Å². The lowest BCUT2D eigenvalue weighted by atomic mass is 9.99. The molecule has 2 nitrogen and oxygen atoms in total. The van der Waals surface area contributed by atoms with E-state index in [9.17, 15) is 0 Å². The van der Waals surface area contributed by atoms with Crippen molar-refractivity contribution >= 4 is 0 Å². The van der Waals surface area contributed by atoms with Crippen LogP contribution in [0.15, 0.2) is 42.6 Å². The molecule has 1 N–H and O–H groups in total. The van der Waals surface area contributed by atoms with Crippen LogP contribution in [0.3, 0.4) is 0 Å². The summed E-state index contributed by atoms with van der Waals surface area (Å²) in [7, 11) is 0. The van der Waals surface area contributed by atoms with Crippen molar-refractivity contribution in [3.63, 3.8) is 0 Å². The summed E-state index contributed by atoms with van der Waals surface area (Å²) in [4.78, 5) is 4.40. The number of aromatic nitrogens is 1. The molecule has 0 saturated heterocycles. The minimum absolute atomic E-state index is 0.246. The second-order valence-corrected chi connectivity index (χ2v) is 5.22. The highest BCUT2D eigenvalue weighted by Crippen LogP contribution is 2.22. The third kappa shape index (κ3) is 3.42. The highest BCUT2D eigenvalue weighted by molar-refractivity contribution is 5.32. The van der Waals surface area contributed by atoms with Crippen LogP contribution in [0.1, 0.15) is 48.3 Å². The van der Waals surface area contributed by atoms with Crippen LogP contribution in [0.2, 0.25) is 0 Å². The van der Waals surface area contributed by atoms with Gasteiger partial charge in [-0.05, 0) is 51.0 Å². The van der Waals surface area contributed by atoms with Gasteiger partial charge in [-0.3, -0.25) is 4.98 Å². The molecule has 2 unspecified atom stereocenters. The van der Waals surface area contributed by atoms with Gasteiger partial charge >= 0.3 is 0 Å². The molecule has 0 amide bonds. The van der Waals surface area contributed by atoms with E-state index in [2.05, 4.69) is 62.3 Å². The Kier molecular flexibility index (Phi) is 4.33. The largest absolute Gasteiger partial charge is 0.302 e. The van der Waals surface area contributed by atoms with Crippen molar-refractivity contribution in [2.45, 2.75) is 39.8 Å². The average molecular weight is 254 g/mol. The normalized spacial score (nSPS) is 14.1. The second kappa shape index (κ2) is 5.98. The van der Waals surface area contributed by atoms with Crippen LogP contribution in [-0.4, -0.2) is 4.98 Å². The third-order valence-corrected chi connectivity index (χ3v) is 3.53. The van der Waals surface area contributed by atoms with Crippen LogP contribution in [0.5, 0.6) is 0 Å². The molecule has 2 aromatic rings. The number of hydrogen-bond acceptors (Lipinski definition) is 2. The topological polar surface area (TPSA) is 24.9 Å². The van der Waals surface area contributed by atoms with Crippen LogP contribution in [-0.2, 0) is 0 Å². The molecule has 0 bridgehead atoms. The quantitative estimate of drug-likeness (QED) is 0.888. The Morgan fingerprint density at radius 1 is 1.00 bits per heavy atom. The van der Waals surface area contributed by atoms with E-state index in [4.69, 9.17) is 0 Å². The molecule has 2 rings (SSSR count). The Labute approximate surface area is 115 Å². The zero-order valence-electron chi connectivity index (χ0n) is 12.1. The Morgan fingerprint density at radius 3 is 2.47 bits per heavy atom. The molecule has 0 radical (unpaired) electrons. The maximum absolute atomic E-state index is 4.40. The van der Waals surface area contributed by atoms with Crippen molar-refractivity contribution in [1.82, 2.24) is 10.3 Å². The summed E-state index contributed by atoms with van der Waals surface area (Å²) in [6, 6.07) is 13.2. The van der Waals surface area contributed by atoms with Crippen molar-refractivity contribution in [3.8, 4) is 0 Å². The Morgan fingerprint density at radius 2 is 1.79 bits per heavy atom. The van der Waals surface area contributed by atoms with E-state index in [-0.39, 0.29) is 6.04 Å². The van der Waals surface area contributed by atoms with E-state index < -0.39 is 0 Å². The molecular weight excluding hydrogens is 232 g/mol. The molecule has 1 heterocycles. The van der Waals surface area contributed by atoms with E-state index in [0.717, 1.165) is 5.69 Å². The molecule has 0 fully saturated rings. The predicted octanol–water partition coefficient (Wildman–Crippen LogP) is 4.11. The zero-order valence-corrected chi connectivity index (χ0v) is 12.1. The van der Waals surface area contributed by atoms with Crippen molar-refractivity contribution in [3.05, 3.63) is 65.0 Å². The summed E-state index contributed by atoms with van der Waals surface area (Å²) >= 11 is 0. The van der Waals surface area contributed by atoms with E-state index in [1.807, 2.05) is 18.3 Å². The first-order chi connectivity index (χ1) is 9.08. The monoisotopic (exact) mass is 254 g/mol. The first-order valence-corrected chi connectivity index (χ1v) is 6.82. The van der Waals surface area contributed by atoms with Gasteiger partial charge < -0.3 is 5.32 Å². The van der Waals surface area contributed by atoms with Crippen molar-refractivity contribution in [2.24, 2.45) is 0 Å². The molecule has 0 spiro atoms. The summed E-state index contributed by atoms with van der Waals surface area (Å²) in [5.74, 6) is 0. The first kappa shape index (κ1) is 13.8. The van der Waals surface area contributed by atoms with Gasteiger partial charge in [-0.1, -0.05) is 29.8 Å². The van der Waals surface area contributed by atoms with E-state index in [1.165, 1.54) is 16.7 Å². The maximum Gasteiger partial charge on any atom is 0.0570 e. The number of rotatable bonds is 4. The van der Waals surface area contributed by atoms with Gasteiger partial charge in [0.1, 0.15) is 0 Å². The van der Waals surface area contributed by atoms with Gasteiger partial charge in [0.05, 0.1) is 5.69 Å². The summed E-state index contributed by atoms with van der Waals surface area (Å²) in [6.07, 6.45) is 1.84. The van der Waals surface area contributed by atoms with Crippen LogP contribution < -0.4 is 5.32 Å². The fourth-order valence-corrected chi connectivity index (χ4v) is 2.41. The number of nitrogens with zero attached hydrogens (tertiary/aromatic N) is 1. The number of aryl methyl sites for hydroxylation is 2. The molecule has 19 heavy (non-hydrogen) atoms. The standard InChI is InChI=1S/C17H22N2/c1-12-8-9-13(2)16(11-12)14(3)19-15(4)17-7-5-6-10-18-17/h5-11,14-15,19H,1-4H3. The molecule has 0 aliphatic carbocycles. The maximum atomic E-state index is 4.40. The Balaban J connectivity index is 2.13. The van der Waals surface area contributed by atoms with Gasteiger partial charge in [0.15, 0.2) is 0 Å². The van der Waals surface area contributed by atoms with Gasteiger partial charge in [-0.25, -0.2) is 0 Å². The molecule has 1 aromatic heterocycles. The second-order valence-electron chi connectivity index (χ2n) is 5.22. The summed E-state index contributed by atoms with van der Waals surface area (Å²) in [5.41, 5.74) is 5.08.